The maximum Gasteiger partial charge on any atom is 0.289 e. The average molecular weight is 301 g/mol. The molecule has 1 aromatic rings. The third-order valence-electron chi connectivity index (χ3n) is 3.63. The number of rotatable bonds is 3. The van der Waals surface area contributed by atoms with Crippen LogP contribution in [-0.2, 0) is 10.0 Å². The molecule has 0 aliphatic carbocycles. The zero-order valence-electron chi connectivity index (χ0n) is 11.6. The highest BCUT2D eigenvalue weighted by Crippen LogP contribution is 2.19. The van der Waals surface area contributed by atoms with E-state index >= 15 is 0 Å². The number of sulfonamides is 1. The minimum atomic E-state index is -3.92. The summed E-state index contributed by atoms with van der Waals surface area (Å²) < 4.78 is 27.3. The molecule has 7 nitrogen and oxygen atoms in total. The molecule has 0 radical (unpaired) electrons. The van der Waals surface area contributed by atoms with Crippen LogP contribution in [0.2, 0.25) is 0 Å². The van der Waals surface area contributed by atoms with Crippen molar-refractivity contribution < 1.29 is 17.6 Å². The van der Waals surface area contributed by atoms with Gasteiger partial charge in [-0.2, -0.15) is 0 Å². The van der Waals surface area contributed by atoms with Crippen molar-refractivity contribution in [3.63, 3.8) is 0 Å². The number of hydrogen-bond acceptors (Lipinski definition) is 5. The first-order chi connectivity index (χ1) is 9.29. The van der Waals surface area contributed by atoms with Crippen LogP contribution in [0.4, 0.5) is 0 Å². The average Bonchev–Trinajstić information content (AvgIpc) is 2.87. The number of carbonyl (C=O) groups excluding carboxylic acids is 1. The first-order valence-electron chi connectivity index (χ1n) is 6.37. The molecule has 1 aromatic heterocycles. The van der Waals surface area contributed by atoms with E-state index in [0.29, 0.717) is 0 Å². The summed E-state index contributed by atoms with van der Waals surface area (Å²) in [5.41, 5.74) is 0. The quantitative estimate of drug-likeness (QED) is 0.853. The first kappa shape index (κ1) is 15.0. The number of carbonyl (C=O) groups is 1. The Labute approximate surface area is 118 Å². The van der Waals surface area contributed by atoms with Gasteiger partial charge in [-0.05, 0) is 45.1 Å². The zero-order valence-corrected chi connectivity index (χ0v) is 12.4. The normalized spacial score (nSPS) is 18.1. The van der Waals surface area contributed by atoms with Gasteiger partial charge in [-0.15, -0.1) is 0 Å². The molecule has 0 saturated carbocycles. The Morgan fingerprint density at radius 2 is 2.00 bits per heavy atom. The Morgan fingerprint density at radius 3 is 2.50 bits per heavy atom. The van der Waals surface area contributed by atoms with Crippen molar-refractivity contribution in [2.75, 3.05) is 27.2 Å². The first-order valence-corrected chi connectivity index (χ1v) is 7.92. The monoisotopic (exact) mass is 301 g/mol. The summed E-state index contributed by atoms with van der Waals surface area (Å²) in [6.45, 7) is 1.87. The van der Waals surface area contributed by atoms with Gasteiger partial charge in [0.1, 0.15) is 0 Å². The number of amides is 1. The number of furan rings is 1. The lowest BCUT2D eigenvalue weighted by molar-refractivity contribution is 0.0623. The van der Waals surface area contributed by atoms with Crippen LogP contribution in [0.5, 0.6) is 0 Å². The molecular weight excluding hydrogens is 282 g/mol. The number of nitrogens with zero attached hydrogens (tertiary/aromatic N) is 2. The van der Waals surface area contributed by atoms with Crippen molar-refractivity contribution in [1.82, 2.24) is 9.80 Å². The van der Waals surface area contributed by atoms with E-state index in [1.165, 1.54) is 12.1 Å². The number of primary sulfonamides is 1. The summed E-state index contributed by atoms with van der Waals surface area (Å²) in [4.78, 5) is 16.1. The molecule has 1 fully saturated rings. The van der Waals surface area contributed by atoms with E-state index < -0.39 is 15.1 Å². The molecule has 112 valence electrons. The molecule has 2 rings (SSSR count). The van der Waals surface area contributed by atoms with Crippen LogP contribution in [-0.4, -0.2) is 57.4 Å². The van der Waals surface area contributed by atoms with Crippen LogP contribution in [0.15, 0.2) is 21.6 Å². The van der Waals surface area contributed by atoms with Gasteiger partial charge in [-0.3, -0.25) is 4.79 Å². The molecule has 1 aliphatic rings. The maximum atomic E-state index is 12.2. The highest BCUT2D eigenvalue weighted by Gasteiger charge is 2.27. The lowest BCUT2D eigenvalue weighted by atomic mass is 10.0. The van der Waals surface area contributed by atoms with Crippen LogP contribution in [0.25, 0.3) is 0 Å². The third-order valence-corrected chi connectivity index (χ3v) is 4.41. The molecule has 1 saturated heterocycles. The number of likely N-dealkylation sites (tertiary alicyclic amines) is 1. The van der Waals surface area contributed by atoms with Gasteiger partial charge in [-0.25, -0.2) is 13.6 Å². The van der Waals surface area contributed by atoms with E-state index in [-0.39, 0.29) is 17.7 Å². The molecule has 0 bridgehead atoms. The van der Waals surface area contributed by atoms with E-state index in [0.717, 1.165) is 25.9 Å². The second kappa shape index (κ2) is 5.55. The van der Waals surface area contributed by atoms with Gasteiger partial charge in [0.25, 0.3) is 15.9 Å². The van der Waals surface area contributed by atoms with E-state index in [4.69, 9.17) is 9.56 Å². The number of piperidine rings is 1. The van der Waals surface area contributed by atoms with Crippen LogP contribution in [0, 0.1) is 0 Å². The van der Waals surface area contributed by atoms with Gasteiger partial charge in [0.2, 0.25) is 5.09 Å². The van der Waals surface area contributed by atoms with Crippen LogP contribution < -0.4 is 5.14 Å². The van der Waals surface area contributed by atoms with Gasteiger partial charge in [0, 0.05) is 13.1 Å². The smallest absolute Gasteiger partial charge is 0.289 e. The van der Waals surface area contributed by atoms with Gasteiger partial charge in [0.15, 0.2) is 5.76 Å². The fourth-order valence-corrected chi connectivity index (χ4v) is 2.77. The Balaban J connectivity index is 2.09. The summed E-state index contributed by atoms with van der Waals surface area (Å²) in [6.07, 6.45) is 1.78. The zero-order chi connectivity index (χ0) is 14.9. The van der Waals surface area contributed by atoms with Crippen LogP contribution in [0.3, 0.4) is 0 Å². The third kappa shape index (κ3) is 3.20. The number of hydrogen-bond donors (Lipinski definition) is 1. The van der Waals surface area contributed by atoms with E-state index in [1.54, 1.807) is 11.9 Å². The molecule has 20 heavy (non-hydrogen) atoms. The van der Waals surface area contributed by atoms with Crippen molar-refractivity contribution >= 4 is 15.9 Å². The van der Waals surface area contributed by atoms with Gasteiger partial charge in [-0.1, -0.05) is 0 Å². The van der Waals surface area contributed by atoms with Crippen molar-refractivity contribution in [2.24, 2.45) is 5.14 Å². The Kier molecular flexibility index (Phi) is 4.17. The van der Waals surface area contributed by atoms with Gasteiger partial charge >= 0.3 is 0 Å². The van der Waals surface area contributed by atoms with E-state index in [2.05, 4.69) is 4.90 Å². The fourth-order valence-electron chi connectivity index (χ4n) is 2.31. The molecule has 0 atom stereocenters. The molecule has 2 heterocycles. The molecule has 0 aromatic carbocycles. The SMILES string of the molecule is CN1CCC(N(C)C(=O)c2ccc(S(N)(=O)=O)o2)CC1. The van der Waals surface area contributed by atoms with Crippen molar-refractivity contribution in [1.29, 1.82) is 0 Å². The molecule has 2 N–H and O–H groups in total. The van der Waals surface area contributed by atoms with Crippen LogP contribution >= 0.6 is 0 Å². The molecular formula is C12H19N3O4S. The topological polar surface area (TPSA) is 96.9 Å². The largest absolute Gasteiger partial charge is 0.438 e. The summed E-state index contributed by atoms with van der Waals surface area (Å²) in [5, 5.41) is 4.56. The molecule has 1 aliphatic heterocycles. The second-order valence-corrected chi connectivity index (χ2v) is 6.61. The van der Waals surface area contributed by atoms with E-state index in [9.17, 15) is 13.2 Å². The van der Waals surface area contributed by atoms with Crippen LogP contribution in [0.1, 0.15) is 23.4 Å². The van der Waals surface area contributed by atoms with Gasteiger partial charge in [0.05, 0.1) is 0 Å². The Morgan fingerprint density at radius 1 is 1.40 bits per heavy atom. The highest BCUT2D eigenvalue weighted by molar-refractivity contribution is 7.89. The molecule has 1 amide bonds. The second-order valence-electron chi connectivity index (χ2n) is 5.11. The summed E-state index contributed by atoms with van der Waals surface area (Å²) >= 11 is 0. The minimum absolute atomic E-state index is 0.00421. The fraction of sp³-hybridized carbons (Fsp3) is 0.583. The minimum Gasteiger partial charge on any atom is -0.438 e. The van der Waals surface area contributed by atoms with Crippen molar-refractivity contribution in [3.05, 3.63) is 17.9 Å². The van der Waals surface area contributed by atoms with Gasteiger partial charge < -0.3 is 14.2 Å². The molecule has 8 heteroatoms. The Hall–Kier alpha value is -1.38. The predicted molar refractivity (Wildman–Crippen MR) is 72.7 cm³/mol. The van der Waals surface area contributed by atoms with Crippen molar-refractivity contribution in [2.45, 2.75) is 24.0 Å². The molecule has 0 spiro atoms. The lowest BCUT2D eigenvalue weighted by Gasteiger charge is -2.34. The maximum absolute atomic E-state index is 12.2. The summed E-state index contributed by atoms with van der Waals surface area (Å²) in [6, 6.07) is 2.68. The summed E-state index contributed by atoms with van der Waals surface area (Å²) in [7, 11) is -0.167. The van der Waals surface area contributed by atoms with Crippen molar-refractivity contribution in [3.8, 4) is 0 Å². The molecule has 0 unspecified atom stereocenters. The summed E-state index contributed by atoms with van der Waals surface area (Å²) in [5.74, 6) is -0.329. The number of nitrogens with two attached hydrogens (primary N) is 1. The Bertz CT molecular complexity index is 588. The predicted octanol–water partition coefficient (Wildman–Crippen LogP) is 0.0932. The standard InChI is InChI=1S/C12H19N3O4S/c1-14-7-5-9(6-8-14)15(2)12(16)10-3-4-11(19-10)20(13,17)18/h3-4,9H,5-8H2,1-2H3,(H2,13,17,18). The lowest BCUT2D eigenvalue weighted by Crippen LogP contribution is -2.44. The highest BCUT2D eigenvalue weighted by atomic mass is 32.2. The van der Waals surface area contributed by atoms with E-state index in [1.807, 2.05) is 7.05 Å².